The summed E-state index contributed by atoms with van der Waals surface area (Å²) in [5.41, 5.74) is 1.49. The van der Waals surface area contributed by atoms with Crippen LogP contribution in [0.25, 0.3) is 10.9 Å². The topological polar surface area (TPSA) is 62.4 Å². The van der Waals surface area contributed by atoms with Crippen LogP contribution in [0.4, 0.5) is 0 Å². The van der Waals surface area contributed by atoms with Gasteiger partial charge >= 0.3 is 0 Å². The average Bonchev–Trinajstić information content (AvgIpc) is 3.31. The number of ether oxygens (including phenoxy) is 1. The summed E-state index contributed by atoms with van der Waals surface area (Å²) >= 11 is 1.43. The Hall–Kier alpha value is -2.44. The molecule has 1 N–H and O–H groups in total. The molecule has 1 amide bonds. The first-order valence-electron chi connectivity index (χ1n) is 8.25. The number of aromatic amines is 1. The zero-order valence-electron chi connectivity index (χ0n) is 13.6. The van der Waals surface area contributed by atoms with E-state index in [0.29, 0.717) is 25.5 Å². The van der Waals surface area contributed by atoms with E-state index in [1.54, 1.807) is 4.90 Å². The lowest BCUT2D eigenvalue weighted by Crippen LogP contribution is -2.49. The fraction of sp³-hybridized carbons (Fsp3) is 0.263. The van der Waals surface area contributed by atoms with Crippen LogP contribution < -0.4 is 0 Å². The smallest absolute Gasteiger partial charge is 0.270 e. The zero-order valence-corrected chi connectivity index (χ0v) is 14.4. The van der Waals surface area contributed by atoms with Gasteiger partial charge in [-0.2, -0.15) is 0 Å². The monoisotopic (exact) mass is 354 g/mol. The van der Waals surface area contributed by atoms with Gasteiger partial charge in [0, 0.05) is 23.9 Å². The van der Waals surface area contributed by atoms with Gasteiger partial charge in [-0.3, -0.25) is 9.59 Å². The van der Waals surface area contributed by atoms with Crippen molar-refractivity contribution >= 4 is 33.9 Å². The molecular formula is C19H18N2O3S. The maximum atomic E-state index is 13.0. The molecule has 0 unspecified atom stereocenters. The van der Waals surface area contributed by atoms with Gasteiger partial charge in [-0.1, -0.05) is 24.3 Å². The SMILES string of the molecule is O=C(C[C@@H]1COCCN1C(=O)c1cc2ccccc2[nH]1)c1cccs1. The molecule has 6 heteroatoms. The van der Waals surface area contributed by atoms with Crippen LogP contribution in [0.15, 0.2) is 47.8 Å². The number of thiophene rings is 1. The Morgan fingerprint density at radius 3 is 2.92 bits per heavy atom. The molecule has 1 atom stereocenters. The Bertz CT molecular complexity index is 867. The summed E-state index contributed by atoms with van der Waals surface area (Å²) < 4.78 is 5.52. The molecule has 0 spiro atoms. The van der Waals surface area contributed by atoms with E-state index in [9.17, 15) is 9.59 Å². The number of hydrogen-bond donors (Lipinski definition) is 1. The molecule has 128 valence electrons. The Morgan fingerprint density at radius 1 is 1.24 bits per heavy atom. The van der Waals surface area contributed by atoms with Gasteiger partial charge < -0.3 is 14.6 Å². The molecule has 0 bridgehead atoms. The number of fused-ring (bicyclic) bond motifs is 1. The van der Waals surface area contributed by atoms with Crippen molar-refractivity contribution in [1.82, 2.24) is 9.88 Å². The highest BCUT2D eigenvalue weighted by Crippen LogP contribution is 2.21. The minimum absolute atomic E-state index is 0.0555. The van der Waals surface area contributed by atoms with Crippen molar-refractivity contribution in [3.63, 3.8) is 0 Å². The Morgan fingerprint density at radius 2 is 2.12 bits per heavy atom. The van der Waals surface area contributed by atoms with E-state index in [1.807, 2.05) is 47.8 Å². The molecule has 5 nitrogen and oxygen atoms in total. The molecule has 1 fully saturated rings. The van der Waals surface area contributed by atoms with Crippen molar-refractivity contribution < 1.29 is 14.3 Å². The lowest BCUT2D eigenvalue weighted by atomic mass is 10.1. The molecular weight excluding hydrogens is 336 g/mol. The highest BCUT2D eigenvalue weighted by molar-refractivity contribution is 7.12. The Balaban J connectivity index is 1.55. The number of aromatic nitrogens is 1. The number of nitrogens with zero attached hydrogens (tertiary/aromatic N) is 1. The van der Waals surface area contributed by atoms with Crippen LogP contribution in [0, 0.1) is 0 Å². The number of carbonyl (C=O) groups is 2. The third kappa shape index (κ3) is 3.23. The molecule has 4 rings (SSSR count). The molecule has 1 aliphatic heterocycles. The number of morpholine rings is 1. The van der Waals surface area contributed by atoms with Gasteiger partial charge in [0.05, 0.1) is 24.1 Å². The first kappa shape index (κ1) is 16.1. The molecule has 3 heterocycles. The van der Waals surface area contributed by atoms with Gasteiger partial charge in [-0.25, -0.2) is 0 Å². The molecule has 0 aliphatic carbocycles. The van der Waals surface area contributed by atoms with Crippen LogP contribution in [-0.4, -0.2) is 47.4 Å². The number of para-hydroxylation sites is 1. The highest BCUT2D eigenvalue weighted by atomic mass is 32.1. The fourth-order valence-corrected chi connectivity index (χ4v) is 3.86. The third-order valence-electron chi connectivity index (χ3n) is 4.47. The van der Waals surface area contributed by atoms with Crippen molar-refractivity contribution in [3.05, 3.63) is 58.4 Å². The second-order valence-electron chi connectivity index (χ2n) is 6.10. The van der Waals surface area contributed by atoms with Crippen molar-refractivity contribution in [1.29, 1.82) is 0 Å². The molecule has 25 heavy (non-hydrogen) atoms. The summed E-state index contributed by atoms with van der Waals surface area (Å²) in [6.45, 7) is 1.38. The molecule has 3 aromatic rings. The van der Waals surface area contributed by atoms with E-state index in [-0.39, 0.29) is 24.2 Å². The summed E-state index contributed by atoms with van der Waals surface area (Å²) in [5, 5.41) is 2.89. The summed E-state index contributed by atoms with van der Waals surface area (Å²) in [7, 11) is 0. The van der Waals surface area contributed by atoms with E-state index < -0.39 is 0 Å². The molecule has 0 radical (unpaired) electrons. The second-order valence-corrected chi connectivity index (χ2v) is 7.05. The highest BCUT2D eigenvalue weighted by Gasteiger charge is 2.31. The van der Waals surface area contributed by atoms with Gasteiger partial charge in [0.25, 0.3) is 5.91 Å². The van der Waals surface area contributed by atoms with Gasteiger partial charge in [-0.15, -0.1) is 11.3 Å². The number of H-pyrrole nitrogens is 1. The fourth-order valence-electron chi connectivity index (χ4n) is 3.19. The average molecular weight is 354 g/mol. The largest absolute Gasteiger partial charge is 0.377 e. The minimum Gasteiger partial charge on any atom is -0.377 e. The van der Waals surface area contributed by atoms with Crippen LogP contribution in [-0.2, 0) is 4.74 Å². The number of hydrogen-bond acceptors (Lipinski definition) is 4. The summed E-state index contributed by atoms with van der Waals surface area (Å²) in [4.78, 5) is 31.1. The predicted molar refractivity (Wildman–Crippen MR) is 97.2 cm³/mol. The van der Waals surface area contributed by atoms with Crippen LogP contribution in [0.3, 0.4) is 0 Å². The normalized spacial score (nSPS) is 17.8. The molecule has 1 aliphatic rings. The van der Waals surface area contributed by atoms with Crippen molar-refractivity contribution in [2.45, 2.75) is 12.5 Å². The number of amides is 1. The van der Waals surface area contributed by atoms with Crippen LogP contribution in [0.1, 0.15) is 26.6 Å². The number of carbonyl (C=O) groups excluding carboxylic acids is 2. The Kier molecular flexibility index (Phi) is 4.38. The summed E-state index contributed by atoms with van der Waals surface area (Å²) in [6.07, 6.45) is 0.284. The second kappa shape index (κ2) is 6.82. The number of rotatable bonds is 4. The number of benzene rings is 1. The van der Waals surface area contributed by atoms with E-state index in [0.717, 1.165) is 15.8 Å². The maximum Gasteiger partial charge on any atom is 0.270 e. The van der Waals surface area contributed by atoms with Crippen LogP contribution in [0.5, 0.6) is 0 Å². The Labute approximate surface area is 149 Å². The molecule has 0 saturated carbocycles. The molecule has 1 aromatic carbocycles. The standard InChI is InChI=1S/C19H18N2O3S/c22-17(18-6-3-9-25-18)11-14-12-24-8-7-21(14)19(23)16-10-13-4-1-2-5-15(13)20-16/h1-6,9-10,14,20H,7-8,11-12H2/t14-/m1/s1. The van der Waals surface area contributed by atoms with Gasteiger partial charge in [0.1, 0.15) is 5.69 Å². The predicted octanol–water partition coefficient (Wildman–Crippen LogP) is 3.34. The lowest BCUT2D eigenvalue weighted by molar-refractivity contribution is -0.00302. The number of Topliss-reactive ketones (excluding diaryl/α,β-unsaturated/α-hetero) is 1. The number of ketones is 1. The molecule has 2 aromatic heterocycles. The van der Waals surface area contributed by atoms with Crippen molar-refractivity contribution in [2.24, 2.45) is 0 Å². The van der Waals surface area contributed by atoms with E-state index in [1.165, 1.54) is 11.3 Å². The first-order chi connectivity index (χ1) is 12.2. The van der Waals surface area contributed by atoms with Crippen molar-refractivity contribution in [2.75, 3.05) is 19.8 Å². The first-order valence-corrected chi connectivity index (χ1v) is 9.13. The lowest BCUT2D eigenvalue weighted by Gasteiger charge is -2.35. The zero-order chi connectivity index (χ0) is 17.2. The van der Waals surface area contributed by atoms with Gasteiger partial charge in [0.15, 0.2) is 5.78 Å². The minimum atomic E-state index is -0.234. The van der Waals surface area contributed by atoms with E-state index >= 15 is 0 Å². The van der Waals surface area contributed by atoms with Gasteiger partial charge in [-0.05, 0) is 23.6 Å². The quantitative estimate of drug-likeness (QED) is 0.731. The van der Waals surface area contributed by atoms with Gasteiger partial charge in [0.2, 0.25) is 0 Å². The van der Waals surface area contributed by atoms with Crippen LogP contribution >= 0.6 is 11.3 Å². The van der Waals surface area contributed by atoms with E-state index in [4.69, 9.17) is 4.74 Å². The summed E-state index contributed by atoms with van der Waals surface area (Å²) in [6, 6.07) is 13.1. The summed E-state index contributed by atoms with van der Waals surface area (Å²) in [5.74, 6) is -0.0246. The van der Waals surface area contributed by atoms with E-state index in [2.05, 4.69) is 4.98 Å². The van der Waals surface area contributed by atoms with Crippen molar-refractivity contribution in [3.8, 4) is 0 Å². The number of nitrogens with one attached hydrogen (secondary N) is 1. The maximum absolute atomic E-state index is 13.0. The molecule has 1 saturated heterocycles. The third-order valence-corrected chi connectivity index (χ3v) is 5.38. The van der Waals surface area contributed by atoms with Crippen LogP contribution in [0.2, 0.25) is 0 Å².